The monoisotopic (exact) mass is 283 g/mol. The van der Waals surface area contributed by atoms with E-state index >= 15 is 0 Å². The predicted molar refractivity (Wildman–Crippen MR) is 80.5 cm³/mol. The van der Waals surface area contributed by atoms with Gasteiger partial charge in [0.05, 0.1) is 17.6 Å². The summed E-state index contributed by atoms with van der Waals surface area (Å²) in [6, 6.07) is 6.68. The van der Waals surface area contributed by atoms with Crippen LogP contribution in [0.5, 0.6) is 0 Å². The highest BCUT2D eigenvalue weighted by Crippen LogP contribution is 2.48. The second-order valence-electron chi connectivity index (χ2n) is 6.35. The molecule has 2 aliphatic rings. The SMILES string of the molecule is C[C@]12Cc3cnn(-c4ccc(F)cc4)c3C=C1CC[C@H]2N. The molecule has 1 saturated carbocycles. The van der Waals surface area contributed by atoms with Crippen LogP contribution in [-0.2, 0) is 6.42 Å². The normalized spacial score (nSPS) is 27.2. The number of hydrogen-bond acceptors (Lipinski definition) is 2. The molecular weight excluding hydrogens is 265 g/mol. The molecule has 2 N–H and O–H groups in total. The Morgan fingerprint density at radius 1 is 1.33 bits per heavy atom. The van der Waals surface area contributed by atoms with Gasteiger partial charge in [0.2, 0.25) is 0 Å². The highest BCUT2D eigenvalue weighted by molar-refractivity contribution is 5.62. The average molecular weight is 283 g/mol. The van der Waals surface area contributed by atoms with Crippen molar-refractivity contribution in [3.05, 3.63) is 53.1 Å². The molecule has 0 unspecified atom stereocenters. The Kier molecular flexibility index (Phi) is 2.60. The van der Waals surface area contributed by atoms with Gasteiger partial charge in [-0.3, -0.25) is 0 Å². The van der Waals surface area contributed by atoms with Crippen molar-refractivity contribution in [2.45, 2.75) is 32.2 Å². The number of hydrogen-bond donors (Lipinski definition) is 1. The third kappa shape index (κ3) is 1.79. The fourth-order valence-electron chi connectivity index (χ4n) is 3.67. The average Bonchev–Trinajstić information content (AvgIpc) is 2.99. The van der Waals surface area contributed by atoms with Gasteiger partial charge in [0.1, 0.15) is 5.82 Å². The lowest BCUT2D eigenvalue weighted by Gasteiger charge is -2.33. The van der Waals surface area contributed by atoms with Crippen molar-refractivity contribution < 1.29 is 4.39 Å². The van der Waals surface area contributed by atoms with E-state index in [1.807, 2.05) is 10.9 Å². The number of fused-ring (bicyclic) bond motifs is 2. The lowest BCUT2D eigenvalue weighted by molar-refractivity contribution is 0.349. The number of benzene rings is 1. The van der Waals surface area contributed by atoms with E-state index in [0.717, 1.165) is 30.6 Å². The zero-order valence-corrected chi connectivity index (χ0v) is 12.0. The predicted octanol–water partition coefficient (Wildman–Crippen LogP) is 3.08. The van der Waals surface area contributed by atoms with Gasteiger partial charge in [-0.05, 0) is 55.2 Å². The second-order valence-corrected chi connectivity index (χ2v) is 6.35. The van der Waals surface area contributed by atoms with E-state index in [-0.39, 0.29) is 17.3 Å². The molecule has 1 aromatic carbocycles. The molecule has 21 heavy (non-hydrogen) atoms. The van der Waals surface area contributed by atoms with Gasteiger partial charge in [-0.15, -0.1) is 0 Å². The van der Waals surface area contributed by atoms with Crippen LogP contribution < -0.4 is 5.73 Å². The maximum Gasteiger partial charge on any atom is 0.123 e. The Hall–Kier alpha value is -1.94. The first-order valence-corrected chi connectivity index (χ1v) is 7.37. The first-order valence-electron chi connectivity index (χ1n) is 7.37. The second kappa shape index (κ2) is 4.28. The van der Waals surface area contributed by atoms with Crippen LogP contribution in [0.4, 0.5) is 4.39 Å². The molecule has 1 fully saturated rings. The molecule has 4 heteroatoms. The van der Waals surface area contributed by atoms with E-state index in [0.29, 0.717) is 0 Å². The third-order valence-corrected chi connectivity index (χ3v) is 5.10. The van der Waals surface area contributed by atoms with Gasteiger partial charge in [-0.25, -0.2) is 9.07 Å². The molecule has 2 aliphatic carbocycles. The summed E-state index contributed by atoms with van der Waals surface area (Å²) in [4.78, 5) is 0. The van der Waals surface area contributed by atoms with Crippen LogP contribution in [-0.4, -0.2) is 15.8 Å². The van der Waals surface area contributed by atoms with E-state index in [9.17, 15) is 4.39 Å². The highest BCUT2D eigenvalue weighted by Gasteiger charge is 2.43. The molecule has 2 atom stereocenters. The van der Waals surface area contributed by atoms with Crippen LogP contribution in [0.2, 0.25) is 0 Å². The van der Waals surface area contributed by atoms with Gasteiger partial charge in [-0.2, -0.15) is 5.10 Å². The summed E-state index contributed by atoms with van der Waals surface area (Å²) in [7, 11) is 0. The Balaban J connectivity index is 1.82. The lowest BCUT2D eigenvalue weighted by atomic mass is 9.73. The summed E-state index contributed by atoms with van der Waals surface area (Å²) in [5, 5.41) is 4.49. The standard InChI is InChI=1S/C17H18FN3/c1-17-9-11-10-20-21(14-5-3-13(18)4-6-14)15(11)8-12(17)2-7-16(17)19/h3-6,8,10,16H,2,7,9,19H2,1H3/t16-,17+/m1/s1. The van der Waals surface area contributed by atoms with Gasteiger partial charge < -0.3 is 5.73 Å². The van der Waals surface area contributed by atoms with E-state index in [1.54, 1.807) is 12.1 Å². The summed E-state index contributed by atoms with van der Waals surface area (Å²) < 4.78 is 15.0. The molecular formula is C17H18FN3. The maximum atomic E-state index is 13.1. The quantitative estimate of drug-likeness (QED) is 0.874. The highest BCUT2D eigenvalue weighted by atomic mass is 19.1. The van der Waals surface area contributed by atoms with Crippen molar-refractivity contribution in [3.8, 4) is 5.69 Å². The van der Waals surface area contributed by atoms with Crippen LogP contribution >= 0.6 is 0 Å². The third-order valence-electron chi connectivity index (χ3n) is 5.10. The molecule has 0 spiro atoms. The zero-order chi connectivity index (χ0) is 14.6. The maximum absolute atomic E-state index is 13.1. The van der Waals surface area contributed by atoms with E-state index in [2.05, 4.69) is 18.1 Å². The van der Waals surface area contributed by atoms with Crippen LogP contribution in [0.3, 0.4) is 0 Å². The summed E-state index contributed by atoms with van der Waals surface area (Å²) >= 11 is 0. The number of nitrogens with two attached hydrogens (primary N) is 1. The van der Waals surface area contributed by atoms with Crippen molar-refractivity contribution in [3.63, 3.8) is 0 Å². The Morgan fingerprint density at radius 3 is 2.86 bits per heavy atom. The minimum Gasteiger partial charge on any atom is -0.327 e. The molecule has 0 amide bonds. The van der Waals surface area contributed by atoms with E-state index in [4.69, 9.17) is 5.73 Å². The Labute approximate surface area is 123 Å². The molecule has 4 rings (SSSR count). The molecule has 1 aromatic heterocycles. The first kappa shape index (κ1) is 12.8. The fraction of sp³-hybridized carbons (Fsp3) is 0.353. The molecule has 0 radical (unpaired) electrons. The molecule has 0 bridgehead atoms. The smallest absolute Gasteiger partial charge is 0.123 e. The number of halogens is 1. The van der Waals surface area contributed by atoms with Crippen molar-refractivity contribution in [1.82, 2.24) is 9.78 Å². The minimum atomic E-state index is -0.229. The van der Waals surface area contributed by atoms with Gasteiger partial charge in [-0.1, -0.05) is 12.5 Å². The van der Waals surface area contributed by atoms with Gasteiger partial charge in [0, 0.05) is 11.5 Å². The molecule has 2 aromatic rings. The van der Waals surface area contributed by atoms with E-state index < -0.39 is 0 Å². The molecule has 1 heterocycles. The summed E-state index contributed by atoms with van der Waals surface area (Å²) in [5.74, 6) is -0.229. The van der Waals surface area contributed by atoms with Crippen LogP contribution in [0, 0.1) is 11.2 Å². The summed E-state index contributed by atoms with van der Waals surface area (Å²) in [6.45, 7) is 2.26. The van der Waals surface area contributed by atoms with Crippen molar-refractivity contribution in [1.29, 1.82) is 0 Å². The van der Waals surface area contributed by atoms with Gasteiger partial charge in [0.25, 0.3) is 0 Å². The Bertz CT molecular complexity index is 729. The van der Waals surface area contributed by atoms with Crippen LogP contribution in [0.15, 0.2) is 36.0 Å². The van der Waals surface area contributed by atoms with Crippen molar-refractivity contribution in [2.75, 3.05) is 0 Å². The van der Waals surface area contributed by atoms with Gasteiger partial charge >= 0.3 is 0 Å². The van der Waals surface area contributed by atoms with E-state index in [1.165, 1.54) is 23.3 Å². The van der Waals surface area contributed by atoms with Crippen LogP contribution in [0.25, 0.3) is 11.8 Å². The Morgan fingerprint density at radius 2 is 2.10 bits per heavy atom. The first-order chi connectivity index (χ1) is 10.1. The summed E-state index contributed by atoms with van der Waals surface area (Å²) in [6.07, 6.45) is 7.21. The summed E-state index contributed by atoms with van der Waals surface area (Å²) in [5.41, 5.74) is 11.0. The molecule has 0 aliphatic heterocycles. The van der Waals surface area contributed by atoms with Crippen LogP contribution in [0.1, 0.15) is 31.0 Å². The number of nitrogens with zero attached hydrogens (tertiary/aromatic N) is 2. The number of rotatable bonds is 1. The zero-order valence-electron chi connectivity index (χ0n) is 12.0. The molecule has 0 saturated heterocycles. The topological polar surface area (TPSA) is 43.8 Å². The largest absolute Gasteiger partial charge is 0.327 e. The fourth-order valence-corrected chi connectivity index (χ4v) is 3.67. The molecule has 108 valence electrons. The lowest BCUT2D eigenvalue weighted by Crippen LogP contribution is -2.38. The van der Waals surface area contributed by atoms with Gasteiger partial charge in [0.15, 0.2) is 0 Å². The molecule has 3 nitrogen and oxygen atoms in total. The minimum absolute atomic E-state index is 0.0731. The van der Waals surface area contributed by atoms with Crippen molar-refractivity contribution in [2.24, 2.45) is 11.1 Å². The number of aromatic nitrogens is 2. The van der Waals surface area contributed by atoms with Crippen molar-refractivity contribution >= 4 is 6.08 Å².